The molecule has 5 rings (SSSR count). The number of hydrogen-bond donors (Lipinski definition) is 2. The molecule has 3 aromatic rings. The van der Waals surface area contributed by atoms with E-state index >= 15 is 0 Å². The number of benzene rings is 1. The van der Waals surface area contributed by atoms with Crippen molar-refractivity contribution in [1.82, 2.24) is 19.5 Å². The third-order valence-electron chi connectivity index (χ3n) is 5.05. The first-order chi connectivity index (χ1) is 13.9. The number of ether oxygens (including phenoxy) is 3. The fraction of sp³-hybridized carbons (Fsp3) is 0.421. The fourth-order valence-corrected chi connectivity index (χ4v) is 3.83. The van der Waals surface area contributed by atoms with Gasteiger partial charge in [-0.25, -0.2) is 19.3 Å². The van der Waals surface area contributed by atoms with Crippen LogP contribution in [0.3, 0.4) is 0 Å². The van der Waals surface area contributed by atoms with E-state index in [0.29, 0.717) is 22.7 Å². The average Bonchev–Trinajstić information content (AvgIpc) is 3.34. The third kappa shape index (κ3) is 3.14. The highest BCUT2D eigenvalue weighted by molar-refractivity contribution is 5.85. The van der Waals surface area contributed by atoms with Crippen LogP contribution in [-0.2, 0) is 14.2 Å². The van der Waals surface area contributed by atoms with Crippen molar-refractivity contribution in [3.05, 3.63) is 42.7 Å². The van der Waals surface area contributed by atoms with E-state index in [-0.39, 0.29) is 12.4 Å². The molecule has 2 fully saturated rings. The Bertz CT molecular complexity index is 1040. The van der Waals surface area contributed by atoms with Crippen LogP contribution in [0.2, 0.25) is 0 Å². The Morgan fingerprint density at radius 3 is 2.66 bits per heavy atom. The molecule has 2 aliphatic rings. The zero-order valence-corrected chi connectivity index (χ0v) is 15.8. The van der Waals surface area contributed by atoms with Crippen LogP contribution < -0.4 is 5.32 Å². The summed E-state index contributed by atoms with van der Waals surface area (Å²) in [7, 11) is 0. The summed E-state index contributed by atoms with van der Waals surface area (Å²) in [5.41, 5.74) is 1.75. The minimum atomic E-state index is -0.772. The molecule has 152 valence electrons. The Morgan fingerprint density at radius 1 is 1.14 bits per heavy atom. The zero-order valence-electron chi connectivity index (χ0n) is 15.8. The van der Waals surface area contributed by atoms with Crippen molar-refractivity contribution in [3.8, 4) is 0 Å². The first-order valence-corrected chi connectivity index (χ1v) is 9.27. The van der Waals surface area contributed by atoms with Gasteiger partial charge in [0, 0.05) is 5.69 Å². The van der Waals surface area contributed by atoms with Crippen molar-refractivity contribution in [1.29, 1.82) is 0 Å². The summed E-state index contributed by atoms with van der Waals surface area (Å²) >= 11 is 0. The molecule has 0 radical (unpaired) electrons. The van der Waals surface area contributed by atoms with Gasteiger partial charge in [-0.1, -0.05) is 0 Å². The van der Waals surface area contributed by atoms with Crippen molar-refractivity contribution in [2.45, 2.75) is 44.2 Å². The van der Waals surface area contributed by atoms with Crippen molar-refractivity contribution < 1.29 is 23.7 Å². The third-order valence-corrected chi connectivity index (χ3v) is 5.05. The Kier molecular flexibility index (Phi) is 4.24. The van der Waals surface area contributed by atoms with Gasteiger partial charge in [-0.3, -0.25) is 4.57 Å². The predicted molar refractivity (Wildman–Crippen MR) is 99.8 cm³/mol. The lowest BCUT2D eigenvalue weighted by molar-refractivity contribution is -0.199. The molecule has 1 aromatic carbocycles. The van der Waals surface area contributed by atoms with Crippen LogP contribution in [0.15, 0.2) is 36.9 Å². The Hall–Kier alpha value is -2.66. The van der Waals surface area contributed by atoms with E-state index in [4.69, 9.17) is 14.2 Å². The van der Waals surface area contributed by atoms with Gasteiger partial charge >= 0.3 is 0 Å². The number of rotatable bonds is 4. The molecule has 0 saturated carbocycles. The molecule has 0 aliphatic carbocycles. The molecule has 29 heavy (non-hydrogen) atoms. The number of nitrogens with zero attached hydrogens (tertiary/aromatic N) is 4. The Labute approximate surface area is 165 Å². The first kappa shape index (κ1) is 18.4. The quantitative estimate of drug-likeness (QED) is 0.685. The highest BCUT2D eigenvalue weighted by atomic mass is 19.1. The van der Waals surface area contributed by atoms with E-state index in [9.17, 15) is 9.50 Å². The number of hydrogen-bond acceptors (Lipinski definition) is 8. The van der Waals surface area contributed by atoms with E-state index in [0.717, 1.165) is 0 Å². The number of nitrogens with one attached hydrogen (secondary N) is 1. The Morgan fingerprint density at radius 2 is 1.90 bits per heavy atom. The fourth-order valence-electron chi connectivity index (χ4n) is 3.83. The zero-order chi connectivity index (χ0) is 20.2. The molecule has 2 saturated heterocycles. The minimum absolute atomic E-state index is 0.184. The summed E-state index contributed by atoms with van der Waals surface area (Å²) < 4.78 is 32.8. The maximum Gasteiger partial charge on any atom is 0.167 e. The van der Waals surface area contributed by atoms with Crippen molar-refractivity contribution in [2.75, 3.05) is 11.9 Å². The highest BCUT2D eigenvalue weighted by Crippen LogP contribution is 2.43. The molecule has 2 N–H and O–H groups in total. The van der Waals surface area contributed by atoms with Crippen molar-refractivity contribution >= 4 is 22.7 Å². The molecular weight excluding hydrogens is 381 g/mol. The number of aliphatic hydroxyl groups excluding tert-OH is 1. The summed E-state index contributed by atoms with van der Waals surface area (Å²) in [5, 5.41) is 12.8. The summed E-state index contributed by atoms with van der Waals surface area (Å²) in [6.45, 7) is 3.47. The first-order valence-electron chi connectivity index (χ1n) is 9.27. The Balaban J connectivity index is 1.49. The van der Waals surface area contributed by atoms with Gasteiger partial charge in [-0.15, -0.1) is 0 Å². The van der Waals surface area contributed by atoms with Crippen LogP contribution in [0.4, 0.5) is 15.9 Å². The number of anilines is 2. The lowest BCUT2D eigenvalue weighted by atomic mass is 10.1. The minimum Gasteiger partial charge on any atom is -0.394 e. The summed E-state index contributed by atoms with van der Waals surface area (Å²) in [4.78, 5) is 13.1. The normalized spacial score (nSPS) is 28.0. The largest absolute Gasteiger partial charge is 0.394 e. The monoisotopic (exact) mass is 401 g/mol. The second-order valence-corrected chi connectivity index (χ2v) is 7.49. The molecule has 4 heterocycles. The standard InChI is InChI=1S/C19H20FN5O4/c1-19(2)28-14-12(7-26)27-18(15(14)29-19)25-9-23-13-16(21-8-22-17(13)25)24-11-5-3-10(20)4-6-11/h3-6,8-9,12,14-15,18,26H,7H2,1-2H3,(H,21,22,24)/t12-,14-,15-,18-/m1/s1. The van der Waals surface area contributed by atoms with Gasteiger partial charge in [0.25, 0.3) is 0 Å². The second kappa shape index (κ2) is 6.70. The van der Waals surface area contributed by atoms with Crippen LogP contribution in [-0.4, -0.2) is 55.3 Å². The molecule has 0 spiro atoms. The van der Waals surface area contributed by atoms with Gasteiger partial charge in [0.15, 0.2) is 29.0 Å². The van der Waals surface area contributed by atoms with Gasteiger partial charge < -0.3 is 24.6 Å². The van der Waals surface area contributed by atoms with Crippen LogP contribution >= 0.6 is 0 Å². The SMILES string of the molecule is CC1(C)O[C@@H]2[C@H](O1)[C@@H](CO)O[C@H]2n1cnc2c(Nc3ccc(F)cc3)ncnc21. The van der Waals surface area contributed by atoms with E-state index in [2.05, 4.69) is 20.3 Å². The average molecular weight is 401 g/mol. The van der Waals surface area contributed by atoms with Gasteiger partial charge in [0.2, 0.25) is 0 Å². The molecule has 10 heteroatoms. The van der Waals surface area contributed by atoms with Gasteiger partial charge in [0.05, 0.1) is 12.9 Å². The molecular formula is C19H20FN5O4. The van der Waals surface area contributed by atoms with Gasteiger partial charge in [-0.2, -0.15) is 0 Å². The van der Waals surface area contributed by atoms with Crippen LogP contribution in [0, 0.1) is 5.82 Å². The maximum atomic E-state index is 13.2. The molecule has 9 nitrogen and oxygen atoms in total. The van der Waals surface area contributed by atoms with Gasteiger partial charge in [-0.05, 0) is 38.1 Å². The lowest BCUT2D eigenvalue weighted by Gasteiger charge is -2.24. The smallest absolute Gasteiger partial charge is 0.167 e. The van der Waals surface area contributed by atoms with E-state index < -0.39 is 30.3 Å². The van der Waals surface area contributed by atoms with Crippen molar-refractivity contribution in [2.24, 2.45) is 0 Å². The molecule has 0 unspecified atom stereocenters. The molecule has 4 atom stereocenters. The number of imidazole rings is 1. The molecule has 0 bridgehead atoms. The lowest BCUT2D eigenvalue weighted by Crippen LogP contribution is -2.31. The number of aromatic nitrogens is 4. The molecule has 2 aromatic heterocycles. The van der Waals surface area contributed by atoms with Crippen LogP contribution in [0.5, 0.6) is 0 Å². The second-order valence-electron chi connectivity index (χ2n) is 7.49. The summed E-state index contributed by atoms with van der Waals surface area (Å²) in [6, 6.07) is 5.95. The predicted octanol–water partition coefficient (Wildman–Crippen LogP) is 2.12. The highest BCUT2D eigenvalue weighted by Gasteiger charge is 2.55. The van der Waals surface area contributed by atoms with Gasteiger partial charge in [0.1, 0.15) is 30.5 Å². The maximum absolute atomic E-state index is 13.2. The number of halogens is 1. The topological polar surface area (TPSA) is 104 Å². The van der Waals surface area contributed by atoms with Crippen LogP contribution in [0.1, 0.15) is 20.1 Å². The number of aliphatic hydroxyl groups is 1. The summed E-state index contributed by atoms with van der Waals surface area (Å²) in [6.07, 6.45) is 1.14. The molecule has 2 aliphatic heterocycles. The molecule has 0 amide bonds. The van der Waals surface area contributed by atoms with E-state index in [1.54, 1.807) is 23.0 Å². The van der Waals surface area contributed by atoms with E-state index in [1.165, 1.54) is 18.5 Å². The van der Waals surface area contributed by atoms with E-state index in [1.807, 2.05) is 13.8 Å². The summed E-state index contributed by atoms with van der Waals surface area (Å²) in [5.74, 6) is -0.607. The van der Waals surface area contributed by atoms with Crippen LogP contribution in [0.25, 0.3) is 11.2 Å². The number of fused-ring (bicyclic) bond motifs is 2. The van der Waals surface area contributed by atoms with Crippen molar-refractivity contribution in [3.63, 3.8) is 0 Å².